The molecule has 1 aromatic heterocycles. The normalized spacial score (nSPS) is 17.8. The van der Waals surface area contributed by atoms with E-state index in [1.807, 2.05) is 6.07 Å². The Hall–Kier alpha value is -0.430. The summed E-state index contributed by atoms with van der Waals surface area (Å²) in [4.78, 5) is 1.12. The minimum atomic E-state index is -3.34. The van der Waals surface area contributed by atoms with Gasteiger partial charge in [0.1, 0.15) is 4.21 Å². The SMILES string of the molecule is CCNCCc1ccc(S(=O)(=O)NC2CCCCCC2)s1. The first-order valence-corrected chi connectivity index (χ1v) is 10.2. The molecule has 0 saturated heterocycles. The van der Waals surface area contributed by atoms with E-state index < -0.39 is 10.0 Å². The van der Waals surface area contributed by atoms with Crippen LogP contribution in [0.5, 0.6) is 0 Å². The van der Waals surface area contributed by atoms with Crippen molar-refractivity contribution >= 4 is 21.4 Å². The Labute approximate surface area is 132 Å². The van der Waals surface area contributed by atoms with Gasteiger partial charge in [0.05, 0.1) is 0 Å². The molecule has 120 valence electrons. The lowest BCUT2D eigenvalue weighted by atomic mass is 10.1. The molecule has 0 aliphatic heterocycles. The first kappa shape index (κ1) is 16.9. The molecule has 2 rings (SSSR count). The second kappa shape index (κ2) is 8.27. The average Bonchev–Trinajstić information content (AvgIpc) is 2.79. The third-order valence-corrected chi connectivity index (χ3v) is 7.03. The predicted molar refractivity (Wildman–Crippen MR) is 88.4 cm³/mol. The number of sulfonamides is 1. The highest BCUT2D eigenvalue weighted by atomic mass is 32.2. The van der Waals surface area contributed by atoms with E-state index in [1.165, 1.54) is 24.2 Å². The molecule has 0 unspecified atom stereocenters. The van der Waals surface area contributed by atoms with Crippen molar-refractivity contribution in [1.29, 1.82) is 0 Å². The summed E-state index contributed by atoms with van der Waals surface area (Å²) in [5.41, 5.74) is 0. The van der Waals surface area contributed by atoms with Gasteiger partial charge in [-0.2, -0.15) is 0 Å². The second-order valence-electron chi connectivity index (χ2n) is 5.63. The van der Waals surface area contributed by atoms with E-state index in [0.717, 1.165) is 50.1 Å². The Morgan fingerprint density at radius 3 is 2.57 bits per heavy atom. The lowest BCUT2D eigenvalue weighted by Gasteiger charge is -2.15. The maximum absolute atomic E-state index is 12.4. The largest absolute Gasteiger partial charge is 0.317 e. The number of likely N-dealkylation sites (N-methyl/N-ethyl adjacent to an activating group) is 1. The molecule has 21 heavy (non-hydrogen) atoms. The summed E-state index contributed by atoms with van der Waals surface area (Å²) in [6.45, 7) is 3.91. The summed E-state index contributed by atoms with van der Waals surface area (Å²) in [5.74, 6) is 0. The minimum absolute atomic E-state index is 0.116. The van der Waals surface area contributed by atoms with Crippen molar-refractivity contribution in [3.8, 4) is 0 Å². The molecular formula is C15H26N2O2S2. The fourth-order valence-corrected chi connectivity index (χ4v) is 5.38. The van der Waals surface area contributed by atoms with Gasteiger partial charge in [-0.1, -0.05) is 32.6 Å². The highest BCUT2D eigenvalue weighted by Crippen LogP contribution is 2.24. The van der Waals surface area contributed by atoms with E-state index >= 15 is 0 Å². The zero-order valence-corrected chi connectivity index (χ0v) is 14.4. The van der Waals surface area contributed by atoms with Crippen LogP contribution < -0.4 is 10.0 Å². The van der Waals surface area contributed by atoms with Crippen LogP contribution >= 0.6 is 11.3 Å². The third-order valence-electron chi connectivity index (χ3n) is 3.88. The molecule has 1 heterocycles. The summed E-state index contributed by atoms with van der Waals surface area (Å²) in [5, 5.41) is 3.26. The van der Waals surface area contributed by atoms with Crippen molar-refractivity contribution in [2.75, 3.05) is 13.1 Å². The van der Waals surface area contributed by atoms with Crippen LogP contribution in [-0.4, -0.2) is 27.5 Å². The standard InChI is InChI=1S/C15H26N2O2S2/c1-2-16-12-11-14-9-10-15(20-14)21(18,19)17-13-7-5-3-4-6-8-13/h9-10,13,16-17H,2-8,11-12H2,1H3. The van der Waals surface area contributed by atoms with Crippen LogP contribution in [0.15, 0.2) is 16.3 Å². The van der Waals surface area contributed by atoms with Crippen molar-refractivity contribution in [2.45, 2.75) is 62.1 Å². The lowest BCUT2D eigenvalue weighted by molar-refractivity contribution is 0.511. The van der Waals surface area contributed by atoms with Crippen LogP contribution in [0.2, 0.25) is 0 Å². The van der Waals surface area contributed by atoms with E-state index in [9.17, 15) is 8.42 Å². The maximum Gasteiger partial charge on any atom is 0.250 e. The van der Waals surface area contributed by atoms with Gasteiger partial charge >= 0.3 is 0 Å². The third kappa shape index (κ3) is 5.36. The highest BCUT2D eigenvalue weighted by Gasteiger charge is 2.22. The monoisotopic (exact) mass is 330 g/mol. The molecule has 6 heteroatoms. The van der Waals surface area contributed by atoms with Gasteiger partial charge in [-0.25, -0.2) is 13.1 Å². The molecule has 4 nitrogen and oxygen atoms in total. The Morgan fingerprint density at radius 2 is 1.90 bits per heavy atom. The molecule has 1 saturated carbocycles. The molecule has 1 aromatic rings. The summed E-state index contributed by atoms with van der Waals surface area (Å²) in [6.07, 6.45) is 7.54. The van der Waals surface area contributed by atoms with Crippen LogP contribution in [0.1, 0.15) is 50.3 Å². The zero-order chi connectivity index (χ0) is 15.1. The molecule has 2 N–H and O–H groups in total. The molecule has 1 aliphatic carbocycles. The molecule has 0 amide bonds. The van der Waals surface area contributed by atoms with Gasteiger partial charge in [0, 0.05) is 10.9 Å². The molecular weight excluding hydrogens is 304 g/mol. The topological polar surface area (TPSA) is 58.2 Å². The highest BCUT2D eigenvalue weighted by molar-refractivity contribution is 7.91. The van der Waals surface area contributed by atoms with Gasteiger partial charge in [-0.3, -0.25) is 0 Å². The van der Waals surface area contributed by atoms with E-state index in [2.05, 4.69) is 17.0 Å². The van der Waals surface area contributed by atoms with E-state index in [4.69, 9.17) is 0 Å². The lowest BCUT2D eigenvalue weighted by Crippen LogP contribution is -2.33. The quantitative estimate of drug-likeness (QED) is 0.597. The van der Waals surface area contributed by atoms with Gasteiger partial charge in [0.25, 0.3) is 0 Å². The van der Waals surface area contributed by atoms with Crippen LogP contribution in [0, 0.1) is 0 Å². The smallest absolute Gasteiger partial charge is 0.250 e. The van der Waals surface area contributed by atoms with Gasteiger partial charge in [0.2, 0.25) is 10.0 Å². The summed E-state index contributed by atoms with van der Waals surface area (Å²) in [6, 6.07) is 3.79. The van der Waals surface area contributed by atoms with Gasteiger partial charge in [0.15, 0.2) is 0 Å². The van der Waals surface area contributed by atoms with Crippen molar-refractivity contribution in [3.05, 3.63) is 17.0 Å². The average molecular weight is 331 g/mol. The number of rotatable bonds is 7. The number of nitrogens with one attached hydrogen (secondary N) is 2. The summed E-state index contributed by atoms with van der Waals surface area (Å²) < 4.78 is 28.2. The van der Waals surface area contributed by atoms with Gasteiger partial charge in [-0.15, -0.1) is 11.3 Å². The molecule has 0 spiro atoms. The summed E-state index contributed by atoms with van der Waals surface area (Å²) in [7, 11) is -3.34. The first-order valence-electron chi connectivity index (χ1n) is 7.93. The van der Waals surface area contributed by atoms with Crippen LogP contribution in [0.3, 0.4) is 0 Å². The number of hydrogen-bond acceptors (Lipinski definition) is 4. The minimum Gasteiger partial charge on any atom is -0.317 e. The molecule has 0 aromatic carbocycles. The Bertz CT molecular complexity index is 518. The summed E-state index contributed by atoms with van der Waals surface area (Å²) >= 11 is 1.39. The van der Waals surface area contributed by atoms with Gasteiger partial charge in [-0.05, 0) is 44.5 Å². The Balaban J connectivity index is 1.95. The van der Waals surface area contributed by atoms with Crippen molar-refractivity contribution < 1.29 is 8.42 Å². The zero-order valence-electron chi connectivity index (χ0n) is 12.7. The number of hydrogen-bond donors (Lipinski definition) is 2. The fourth-order valence-electron chi connectivity index (χ4n) is 2.70. The molecule has 1 aliphatic rings. The molecule has 0 atom stereocenters. The van der Waals surface area contributed by atoms with Crippen LogP contribution in [-0.2, 0) is 16.4 Å². The molecule has 0 bridgehead atoms. The van der Waals surface area contributed by atoms with Crippen molar-refractivity contribution in [2.24, 2.45) is 0 Å². The van der Waals surface area contributed by atoms with E-state index in [0.29, 0.717) is 4.21 Å². The maximum atomic E-state index is 12.4. The fraction of sp³-hybridized carbons (Fsp3) is 0.733. The van der Waals surface area contributed by atoms with E-state index in [1.54, 1.807) is 6.07 Å². The van der Waals surface area contributed by atoms with Crippen LogP contribution in [0.25, 0.3) is 0 Å². The van der Waals surface area contributed by atoms with Crippen molar-refractivity contribution in [3.63, 3.8) is 0 Å². The predicted octanol–water partition coefficient (Wildman–Crippen LogP) is 2.90. The first-order chi connectivity index (χ1) is 10.1. The Kier molecular flexibility index (Phi) is 6.67. The van der Waals surface area contributed by atoms with Crippen LogP contribution in [0.4, 0.5) is 0 Å². The number of thiophene rings is 1. The molecule has 0 radical (unpaired) electrons. The molecule has 1 fully saturated rings. The van der Waals surface area contributed by atoms with Gasteiger partial charge < -0.3 is 5.32 Å². The second-order valence-corrected chi connectivity index (χ2v) is 8.74. The van der Waals surface area contributed by atoms with Crippen molar-refractivity contribution in [1.82, 2.24) is 10.0 Å². The van der Waals surface area contributed by atoms with E-state index in [-0.39, 0.29) is 6.04 Å². The Morgan fingerprint density at radius 1 is 1.19 bits per heavy atom.